The van der Waals surface area contributed by atoms with Gasteiger partial charge >= 0.3 is 0 Å². The third-order valence-electron chi connectivity index (χ3n) is 7.07. The molecule has 0 unspecified atom stereocenters. The first-order valence-electron chi connectivity index (χ1n) is 13.6. The van der Waals surface area contributed by atoms with Crippen LogP contribution >= 0.6 is 0 Å². The summed E-state index contributed by atoms with van der Waals surface area (Å²) in [7, 11) is 0. The van der Waals surface area contributed by atoms with Gasteiger partial charge < -0.3 is 14.9 Å². The van der Waals surface area contributed by atoms with Gasteiger partial charge in [-0.15, -0.1) is 0 Å². The van der Waals surface area contributed by atoms with Crippen LogP contribution in [0.3, 0.4) is 0 Å². The second kappa shape index (κ2) is 11.9. The van der Waals surface area contributed by atoms with E-state index in [-0.39, 0.29) is 0 Å². The van der Waals surface area contributed by atoms with Crippen molar-refractivity contribution >= 4 is 11.4 Å². The summed E-state index contributed by atoms with van der Waals surface area (Å²) in [5, 5.41) is 11.6. The Morgan fingerprint density at radius 3 is 1.33 bits per heavy atom. The average molecular weight is 487 g/mol. The number of anilines is 2. The summed E-state index contributed by atoms with van der Waals surface area (Å²) in [5.41, 5.74) is 7.80. The largest absolute Gasteiger partial charge is 0.504 e. The molecule has 194 valence electrons. The maximum Gasteiger partial charge on any atom is 0.156 e. The monoisotopic (exact) mass is 486 g/mol. The molecular formula is C33H46N2O. The van der Waals surface area contributed by atoms with Crippen LogP contribution in [-0.2, 0) is 0 Å². The van der Waals surface area contributed by atoms with Gasteiger partial charge in [-0.2, -0.15) is 0 Å². The lowest BCUT2D eigenvalue weighted by Crippen LogP contribution is -2.28. The number of benzene rings is 2. The fourth-order valence-electron chi connectivity index (χ4n) is 5.25. The second-order valence-corrected chi connectivity index (χ2v) is 11.1. The molecule has 36 heavy (non-hydrogen) atoms. The minimum atomic E-state index is 0.298. The van der Waals surface area contributed by atoms with Crippen LogP contribution in [0.1, 0.15) is 108 Å². The van der Waals surface area contributed by atoms with Crippen molar-refractivity contribution < 1.29 is 5.11 Å². The Hall–Kier alpha value is -2.94. The van der Waals surface area contributed by atoms with Crippen LogP contribution in [0.15, 0.2) is 72.3 Å². The van der Waals surface area contributed by atoms with E-state index in [2.05, 4.69) is 102 Å². The minimum Gasteiger partial charge on any atom is -0.504 e. The lowest BCUT2D eigenvalue weighted by molar-refractivity contribution is 0.423. The van der Waals surface area contributed by atoms with E-state index >= 15 is 0 Å². The van der Waals surface area contributed by atoms with Gasteiger partial charge in [0.2, 0.25) is 0 Å². The first kappa shape index (κ1) is 27.6. The van der Waals surface area contributed by atoms with Crippen molar-refractivity contribution in [3.8, 4) is 0 Å². The van der Waals surface area contributed by atoms with E-state index in [4.69, 9.17) is 0 Å². The number of aliphatic hydroxyl groups excluding tert-OH is 1. The molecule has 0 atom stereocenters. The molecule has 1 heterocycles. The fraction of sp³-hybridized carbons (Fsp3) is 0.455. The molecule has 2 aromatic carbocycles. The van der Waals surface area contributed by atoms with E-state index in [1.165, 1.54) is 33.6 Å². The third kappa shape index (κ3) is 5.56. The molecule has 0 aliphatic carbocycles. The van der Waals surface area contributed by atoms with Gasteiger partial charge in [0, 0.05) is 24.5 Å². The summed E-state index contributed by atoms with van der Waals surface area (Å²) in [6, 6.07) is 13.4. The first-order valence-corrected chi connectivity index (χ1v) is 13.6. The van der Waals surface area contributed by atoms with Crippen LogP contribution in [0.25, 0.3) is 0 Å². The molecule has 1 aliphatic heterocycles. The standard InChI is InChI=1S/C33H46N2O/c1-10-11-12-19-30(36)33-34(31-26(22(2)3)15-13-16-27(31)23(4)5)20-21-35(33)32-28(24(6)7)17-14-18-29(32)25(8)9/h10-19,22-25,36H,20-21H2,1-9H3/b11-10+,19-12-. The van der Waals surface area contributed by atoms with Crippen molar-refractivity contribution in [2.45, 2.75) is 86.0 Å². The van der Waals surface area contributed by atoms with E-state index < -0.39 is 0 Å². The van der Waals surface area contributed by atoms with Crippen LogP contribution in [0, 0.1) is 0 Å². The molecule has 3 heteroatoms. The fourth-order valence-corrected chi connectivity index (χ4v) is 5.25. The molecule has 0 amide bonds. The predicted octanol–water partition coefficient (Wildman–Crippen LogP) is 9.37. The predicted molar refractivity (Wildman–Crippen MR) is 158 cm³/mol. The summed E-state index contributed by atoms with van der Waals surface area (Å²) in [6.07, 6.45) is 7.70. The molecule has 1 fully saturated rings. The number of hydrogen-bond donors (Lipinski definition) is 1. The summed E-state index contributed by atoms with van der Waals surface area (Å²) in [4.78, 5) is 4.75. The van der Waals surface area contributed by atoms with Crippen LogP contribution in [0.4, 0.5) is 11.4 Å². The van der Waals surface area contributed by atoms with Gasteiger partial charge in [-0.3, -0.25) is 0 Å². The van der Waals surface area contributed by atoms with Crippen molar-refractivity contribution in [1.29, 1.82) is 0 Å². The summed E-state index contributed by atoms with van der Waals surface area (Å²) in [5.74, 6) is 2.69. The van der Waals surface area contributed by atoms with Crippen LogP contribution in [-0.4, -0.2) is 18.2 Å². The maximum atomic E-state index is 11.6. The molecule has 2 aromatic rings. The number of aliphatic hydroxyl groups is 1. The Bertz CT molecular complexity index is 1010. The zero-order valence-corrected chi connectivity index (χ0v) is 23.8. The number of nitrogens with zero attached hydrogens (tertiary/aromatic N) is 2. The molecule has 0 spiro atoms. The van der Waals surface area contributed by atoms with Gasteiger partial charge in [-0.1, -0.05) is 110 Å². The molecule has 3 rings (SSSR count). The molecule has 0 saturated carbocycles. The Morgan fingerprint density at radius 1 is 0.667 bits per heavy atom. The van der Waals surface area contributed by atoms with Gasteiger partial charge in [0.25, 0.3) is 0 Å². The molecule has 1 saturated heterocycles. The lowest BCUT2D eigenvalue weighted by atomic mass is 9.91. The Balaban J connectivity index is 2.34. The van der Waals surface area contributed by atoms with Crippen molar-refractivity contribution in [2.75, 3.05) is 22.9 Å². The van der Waals surface area contributed by atoms with Crippen molar-refractivity contribution in [3.63, 3.8) is 0 Å². The topological polar surface area (TPSA) is 26.7 Å². The van der Waals surface area contributed by atoms with Gasteiger partial charge in [0.15, 0.2) is 11.6 Å². The summed E-state index contributed by atoms with van der Waals surface area (Å²) < 4.78 is 0. The van der Waals surface area contributed by atoms with E-state index in [0.29, 0.717) is 29.4 Å². The number of para-hydroxylation sites is 2. The molecule has 1 aliphatic rings. The highest BCUT2D eigenvalue weighted by atomic mass is 16.3. The van der Waals surface area contributed by atoms with Gasteiger partial charge in [-0.05, 0) is 58.9 Å². The van der Waals surface area contributed by atoms with E-state index in [1.807, 2.05) is 31.2 Å². The Labute approximate surface area is 219 Å². The molecular weight excluding hydrogens is 440 g/mol. The number of hydrogen-bond acceptors (Lipinski definition) is 3. The molecule has 3 nitrogen and oxygen atoms in total. The quantitative estimate of drug-likeness (QED) is 0.297. The average Bonchev–Trinajstić information content (AvgIpc) is 3.27. The SMILES string of the molecule is C/C=C/C=C\C(O)=C1N(c2c(C(C)C)cccc2C(C)C)CCN1c1c(C(C)C)cccc1C(C)C. The maximum absolute atomic E-state index is 11.6. The highest BCUT2D eigenvalue weighted by Gasteiger charge is 2.35. The Kier molecular flexibility index (Phi) is 9.11. The first-order chi connectivity index (χ1) is 17.1. The highest BCUT2D eigenvalue weighted by Crippen LogP contribution is 2.44. The third-order valence-corrected chi connectivity index (χ3v) is 7.07. The second-order valence-electron chi connectivity index (χ2n) is 11.1. The number of allylic oxidation sites excluding steroid dienone is 4. The molecule has 0 aromatic heterocycles. The summed E-state index contributed by atoms with van der Waals surface area (Å²) in [6.45, 7) is 21.7. The van der Waals surface area contributed by atoms with E-state index in [1.54, 1.807) is 0 Å². The smallest absolute Gasteiger partial charge is 0.156 e. The van der Waals surface area contributed by atoms with Gasteiger partial charge in [0.1, 0.15) is 0 Å². The van der Waals surface area contributed by atoms with Crippen LogP contribution < -0.4 is 9.80 Å². The van der Waals surface area contributed by atoms with E-state index in [0.717, 1.165) is 18.9 Å². The highest BCUT2D eigenvalue weighted by molar-refractivity contribution is 5.74. The van der Waals surface area contributed by atoms with Gasteiger partial charge in [-0.25, -0.2) is 0 Å². The minimum absolute atomic E-state index is 0.298. The van der Waals surface area contributed by atoms with Crippen molar-refractivity contribution in [1.82, 2.24) is 0 Å². The van der Waals surface area contributed by atoms with E-state index in [9.17, 15) is 5.11 Å². The Morgan fingerprint density at radius 2 is 1.03 bits per heavy atom. The normalized spacial score (nSPS) is 14.8. The van der Waals surface area contributed by atoms with Gasteiger partial charge in [0.05, 0.1) is 0 Å². The molecule has 1 N–H and O–H groups in total. The van der Waals surface area contributed by atoms with Crippen molar-refractivity contribution in [3.05, 3.63) is 94.5 Å². The molecule has 0 radical (unpaired) electrons. The zero-order chi connectivity index (χ0) is 26.6. The molecule has 0 bridgehead atoms. The van der Waals surface area contributed by atoms with Crippen LogP contribution in [0.5, 0.6) is 0 Å². The van der Waals surface area contributed by atoms with Crippen molar-refractivity contribution in [2.24, 2.45) is 0 Å². The lowest BCUT2D eigenvalue weighted by Gasteiger charge is -2.33. The van der Waals surface area contributed by atoms with Crippen LogP contribution in [0.2, 0.25) is 0 Å². The number of rotatable bonds is 8. The zero-order valence-electron chi connectivity index (χ0n) is 23.8. The summed E-state index contributed by atoms with van der Waals surface area (Å²) >= 11 is 0.